The summed E-state index contributed by atoms with van der Waals surface area (Å²) < 4.78 is 10.2. The Kier molecular flexibility index (Phi) is 5.47. The van der Waals surface area contributed by atoms with E-state index in [-0.39, 0.29) is 12.3 Å². The molecule has 15 heavy (non-hydrogen) atoms. The first-order valence-electron chi connectivity index (χ1n) is 5.80. The van der Waals surface area contributed by atoms with Crippen molar-refractivity contribution in [1.29, 1.82) is 0 Å². The van der Waals surface area contributed by atoms with Crippen molar-refractivity contribution in [3.8, 4) is 0 Å². The second-order valence-electron chi connectivity index (χ2n) is 3.78. The van der Waals surface area contributed by atoms with Gasteiger partial charge in [-0.2, -0.15) is 0 Å². The van der Waals surface area contributed by atoms with Crippen molar-refractivity contribution in [2.24, 2.45) is 0 Å². The van der Waals surface area contributed by atoms with Gasteiger partial charge < -0.3 is 9.47 Å². The molecule has 1 saturated heterocycles. The number of rotatable bonds is 4. The third-order valence-electron chi connectivity index (χ3n) is 2.60. The summed E-state index contributed by atoms with van der Waals surface area (Å²) >= 11 is 0. The lowest BCUT2D eigenvalue weighted by molar-refractivity contribution is -0.0208. The van der Waals surface area contributed by atoms with Gasteiger partial charge in [0.2, 0.25) is 0 Å². The molecular weight excluding hydrogens is 194 g/mol. The van der Waals surface area contributed by atoms with Gasteiger partial charge in [0.05, 0.1) is 0 Å². The predicted octanol–water partition coefficient (Wildman–Crippen LogP) is 2.44. The average Bonchev–Trinajstić information content (AvgIpc) is 2.27. The number of carbonyl (C=O) groups excluding carboxylic acids is 1. The molecule has 0 N–H and O–H groups in total. The molecule has 1 heterocycles. The molecule has 0 aromatic rings. The zero-order chi connectivity index (χ0) is 11.1. The summed E-state index contributed by atoms with van der Waals surface area (Å²) in [5.41, 5.74) is 0. The lowest BCUT2D eigenvalue weighted by atomic mass is 10.1. The van der Waals surface area contributed by atoms with Crippen LogP contribution in [0.2, 0.25) is 0 Å². The molecule has 1 aliphatic heterocycles. The fraction of sp³-hybridized carbons (Fsp3) is 0.909. The minimum Gasteiger partial charge on any atom is -0.431 e. The van der Waals surface area contributed by atoms with Crippen LogP contribution < -0.4 is 5.32 Å². The normalized spacial score (nSPS) is 21.4. The number of nitrogens with zero attached hydrogens (tertiary/aromatic N) is 1. The summed E-state index contributed by atoms with van der Waals surface area (Å²) in [5, 5.41) is 4.21. The van der Waals surface area contributed by atoms with Crippen LogP contribution in [-0.4, -0.2) is 25.0 Å². The lowest BCUT2D eigenvalue weighted by Crippen LogP contribution is -2.33. The zero-order valence-corrected chi connectivity index (χ0v) is 9.57. The molecule has 0 aromatic heterocycles. The van der Waals surface area contributed by atoms with E-state index in [9.17, 15) is 4.79 Å². The van der Waals surface area contributed by atoms with Crippen LogP contribution in [-0.2, 0) is 9.47 Å². The van der Waals surface area contributed by atoms with E-state index < -0.39 is 6.16 Å². The standard InChI is InChI=1S/C11H20NO3/c1-3-9(4-2)14-11(13)15-10-7-5-6-8-12-10/h9-10H,3-8H2,1-2H3. The van der Waals surface area contributed by atoms with Crippen LogP contribution in [0.1, 0.15) is 46.0 Å². The van der Waals surface area contributed by atoms with Crippen molar-refractivity contribution >= 4 is 6.16 Å². The zero-order valence-electron chi connectivity index (χ0n) is 9.57. The van der Waals surface area contributed by atoms with Gasteiger partial charge in [0.25, 0.3) is 0 Å². The third kappa shape index (κ3) is 4.51. The highest BCUT2D eigenvalue weighted by atomic mass is 16.7. The van der Waals surface area contributed by atoms with E-state index in [4.69, 9.17) is 9.47 Å². The van der Waals surface area contributed by atoms with Gasteiger partial charge in [-0.15, -0.1) is 0 Å². The molecular formula is C11H20NO3. The molecule has 4 heteroatoms. The summed E-state index contributed by atoms with van der Waals surface area (Å²) in [6.45, 7) is 4.78. The van der Waals surface area contributed by atoms with Gasteiger partial charge in [0, 0.05) is 6.54 Å². The summed E-state index contributed by atoms with van der Waals surface area (Å²) in [4.78, 5) is 11.3. The van der Waals surface area contributed by atoms with Gasteiger partial charge >= 0.3 is 6.16 Å². The van der Waals surface area contributed by atoms with Crippen LogP contribution in [0.25, 0.3) is 0 Å². The first-order valence-corrected chi connectivity index (χ1v) is 5.80. The quantitative estimate of drug-likeness (QED) is 0.675. The molecule has 0 amide bonds. The summed E-state index contributed by atoms with van der Waals surface area (Å²) in [6, 6.07) is 0. The first-order chi connectivity index (χ1) is 7.26. The molecule has 0 spiro atoms. The van der Waals surface area contributed by atoms with Gasteiger partial charge in [0.15, 0.2) is 6.23 Å². The Hall–Kier alpha value is -0.770. The van der Waals surface area contributed by atoms with E-state index in [1.807, 2.05) is 13.8 Å². The lowest BCUT2D eigenvalue weighted by Gasteiger charge is -2.22. The van der Waals surface area contributed by atoms with Gasteiger partial charge in [-0.25, -0.2) is 10.1 Å². The van der Waals surface area contributed by atoms with Gasteiger partial charge in [-0.3, -0.25) is 0 Å². The Bertz CT molecular complexity index is 186. The molecule has 0 bridgehead atoms. The molecule has 1 radical (unpaired) electrons. The summed E-state index contributed by atoms with van der Waals surface area (Å²) in [7, 11) is 0. The molecule has 0 saturated carbocycles. The highest BCUT2D eigenvalue weighted by Gasteiger charge is 2.20. The smallest absolute Gasteiger partial charge is 0.431 e. The molecule has 1 aliphatic rings. The van der Waals surface area contributed by atoms with Crippen molar-refractivity contribution in [1.82, 2.24) is 5.32 Å². The Morgan fingerprint density at radius 3 is 2.67 bits per heavy atom. The summed E-state index contributed by atoms with van der Waals surface area (Å²) in [5.74, 6) is 0. The SMILES string of the molecule is CCC(CC)OC(=O)OC1CCCC[N]1. The maximum atomic E-state index is 11.3. The molecule has 87 valence electrons. The van der Waals surface area contributed by atoms with Crippen LogP contribution >= 0.6 is 0 Å². The van der Waals surface area contributed by atoms with E-state index in [1.165, 1.54) is 0 Å². The molecule has 0 aromatic carbocycles. The van der Waals surface area contributed by atoms with Crippen LogP contribution in [0.3, 0.4) is 0 Å². The maximum absolute atomic E-state index is 11.3. The van der Waals surface area contributed by atoms with E-state index in [0.29, 0.717) is 0 Å². The minimum absolute atomic E-state index is 0.0268. The van der Waals surface area contributed by atoms with Crippen molar-refractivity contribution in [2.75, 3.05) is 6.54 Å². The van der Waals surface area contributed by atoms with Crippen LogP contribution in [0, 0.1) is 0 Å². The second-order valence-corrected chi connectivity index (χ2v) is 3.78. The van der Waals surface area contributed by atoms with Gasteiger partial charge in [-0.1, -0.05) is 13.8 Å². The molecule has 1 atom stereocenters. The maximum Gasteiger partial charge on any atom is 0.510 e. The molecule has 1 fully saturated rings. The van der Waals surface area contributed by atoms with E-state index >= 15 is 0 Å². The van der Waals surface area contributed by atoms with Crippen molar-refractivity contribution in [2.45, 2.75) is 58.3 Å². The molecule has 1 rings (SSSR count). The van der Waals surface area contributed by atoms with E-state index in [1.54, 1.807) is 0 Å². The Morgan fingerprint density at radius 1 is 1.40 bits per heavy atom. The highest BCUT2D eigenvalue weighted by Crippen LogP contribution is 2.12. The molecule has 4 nitrogen and oxygen atoms in total. The minimum atomic E-state index is -0.570. The monoisotopic (exact) mass is 214 g/mol. The fourth-order valence-electron chi connectivity index (χ4n) is 1.58. The Morgan fingerprint density at radius 2 is 2.13 bits per heavy atom. The molecule has 0 aliphatic carbocycles. The topological polar surface area (TPSA) is 49.6 Å². The fourth-order valence-corrected chi connectivity index (χ4v) is 1.58. The Labute approximate surface area is 91.3 Å². The number of piperidine rings is 1. The summed E-state index contributed by atoms with van der Waals surface area (Å²) in [6.07, 6.45) is 3.79. The molecule has 1 unspecified atom stereocenters. The van der Waals surface area contributed by atoms with E-state index in [2.05, 4.69) is 5.32 Å². The predicted molar refractivity (Wildman–Crippen MR) is 56.6 cm³/mol. The Balaban J connectivity index is 2.21. The number of hydrogen-bond acceptors (Lipinski definition) is 3. The van der Waals surface area contributed by atoms with Crippen LogP contribution in [0.15, 0.2) is 0 Å². The number of ether oxygens (including phenoxy) is 2. The van der Waals surface area contributed by atoms with Gasteiger partial charge in [0.1, 0.15) is 6.10 Å². The third-order valence-corrected chi connectivity index (χ3v) is 2.60. The highest BCUT2D eigenvalue weighted by molar-refractivity contribution is 5.60. The van der Waals surface area contributed by atoms with Crippen molar-refractivity contribution in [3.05, 3.63) is 0 Å². The van der Waals surface area contributed by atoms with Crippen LogP contribution in [0.5, 0.6) is 0 Å². The van der Waals surface area contributed by atoms with Crippen LogP contribution in [0.4, 0.5) is 4.79 Å². The largest absolute Gasteiger partial charge is 0.510 e. The van der Waals surface area contributed by atoms with Gasteiger partial charge in [-0.05, 0) is 32.1 Å². The number of hydrogen-bond donors (Lipinski definition) is 0. The van der Waals surface area contributed by atoms with Crippen molar-refractivity contribution < 1.29 is 14.3 Å². The first kappa shape index (κ1) is 12.3. The van der Waals surface area contributed by atoms with E-state index in [0.717, 1.165) is 38.6 Å². The number of carbonyl (C=O) groups is 1. The van der Waals surface area contributed by atoms with Crippen molar-refractivity contribution in [3.63, 3.8) is 0 Å². The second kappa shape index (κ2) is 6.67. The average molecular weight is 214 g/mol.